The first kappa shape index (κ1) is 26.4. The Morgan fingerprint density at radius 2 is 1.61 bits per heavy atom. The summed E-state index contributed by atoms with van der Waals surface area (Å²) < 4.78 is 33.5. The number of amides is 1. The average molecular weight is 570 g/mol. The molecule has 0 aliphatic carbocycles. The predicted molar refractivity (Wildman–Crippen MR) is 146 cm³/mol. The van der Waals surface area contributed by atoms with Crippen molar-refractivity contribution in [3.8, 4) is 0 Å². The fourth-order valence-electron chi connectivity index (χ4n) is 4.61. The number of benzene rings is 3. The number of carbonyl (C=O) groups is 1. The smallest absolute Gasteiger partial charge is 0.274 e. The zero-order chi connectivity index (χ0) is 26.7. The van der Waals surface area contributed by atoms with Gasteiger partial charge in [-0.15, -0.1) is 0 Å². The summed E-state index contributed by atoms with van der Waals surface area (Å²) in [7, 11) is -3.97. The van der Waals surface area contributed by atoms with Gasteiger partial charge >= 0.3 is 0 Å². The van der Waals surface area contributed by atoms with E-state index in [0.29, 0.717) is 24.2 Å². The Morgan fingerprint density at radius 3 is 2.24 bits per heavy atom. The van der Waals surface area contributed by atoms with E-state index in [1.807, 2.05) is 60.7 Å². The Balaban J connectivity index is 1.38. The molecule has 0 radical (unpaired) electrons. The molecule has 0 bridgehead atoms. The Hall–Kier alpha value is -3.17. The third-order valence-electron chi connectivity index (χ3n) is 6.50. The quantitative estimate of drug-likeness (QED) is 0.310. The fraction of sp³-hybridized carbons (Fsp3) is 0.214. The van der Waals surface area contributed by atoms with Gasteiger partial charge in [0.1, 0.15) is 10.7 Å². The highest BCUT2D eigenvalue weighted by molar-refractivity contribution is 7.89. The molecular formula is C28H25Cl2N3O4S. The van der Waals surface area contributed by atoms with Crippen molar-refractivity contribution in [3.05, 3.63) is 117 Å². The van der Waals surface area contributed by atoms with Gasteiger partial charge in [0, 0.05) is 36.1 Å². The summed E-state index contributed by atoms with van der Waals surface area (Å²) in [5.41, 5.74) is 2.72. The largest absolute Gasteiger partial charge is 0.360 e. The number of rotatable bonds is 8. The van der Waals surface area contributed by atoms with Crippen molar-refractivity contribution < 1.29 is 17.7 Å². The van der Waals surface area contributed by atoms with Crippen LogP contribution < -0.4 is 5.32 Å². The van der Waals surface area contributed by atoms with Gasteiger partial charge in [-0.05, 0) is 42.2 Å². The molecule has 5 rings (SSSR count). The minimum atomic E-state index is -3.97. The Bertz CT molecular complexity index is 1500. The molecule has 10 heteroatoms. The lowest BCUT2D eigenvalue weighted by Gasteiger charge is -2.26. The minimum absolute atomic E-state index is 0.0607. The van der Waals surface area contributed by atoms with Crippen molar-refractivity contribution in [3.63, 3.8) is 0 Å². The number of halogens is 2. The molecule has 1 aliphatic heterocycles. The van der Waals surface area contributed by atoms with Crippen LogP contribution in [0.25, 0.3) is 0 Å². The zero-order valence-electron chi connectivity index (χ0n) is 20.3. The molecule has 0 spiro atoms. The van der Waals surface area contributed by atoms with E-state index < -0.39 is 15.9 Å². The molecule has 2 heterocycles. The third-order valence-corrected chi connectivity index (χ3v) is 9.07. The monoisotopic (exact) mass is 569 g/mol. The van der Waals surface area contributed by atoms with Crippen LogP contribution in [-0.2, 0) is 35.8 Å². The molecule has 3 aromatic carbocycles. The van der Waals surface area contributed by atoms with Crippen LogP contribution in [0.2, 0.25) is 10.0 Å². The van der Waals surface area contributed by atoms with Crippen molar-refractivity contribution >= 4 is 39.1 Å². The second kappa shape index (κ2) is 11.3. The van der Waals surface area contributed by atoms with Gasteiger partial charge in [0.15, 0.2) is 5.69 Å². The summed E-state index contributed by atoms with van der Waals surface area (Å²) in [6, 6.07) is 23.9. The minimum Gasteiger partial charge on any atom is -0.360 e. The Labute approximate surface area is 231 Å². The highest BCUT2D eigenvalue weighted by Crippen LogP contribution is 2.32. The molecule has 0 saturated carbocycles. The molecule has 1 N–H and O–H groups in total. The summed E-state index contributed by atoms with van der Waals surface area (Å²) in [6.45, 7) is 0.105. The van der Waals surface area contributed by atoms with E-state index in [4.69, 9.17) is 27.7 Å². The lowest BCUT2D eigenvalue weighted by molar-refractivity contribution is 0.0926. The number of carbonyl (C=O) groups excluding carboxylic acids is 1. The van der Waals surface area contributed by atoms with E-state index >= 15 is 0 Å². The second-order valence-corrected chi connectivity index (χ2v) is 11.9. The highest BCUT2D eigenvalue weighted by atomic mass is 35.5. The Morgan fingerprint density at radius 1 is 0.974 bits per heavy atom. The zero-order valence-corrected chi connectivity index (χ0v) is 22.6. The molecular weight excluding hydrogens is 545 g/mol. The Kier molecular flexibility index (Phi) is 7.85. The molecule has 38 heavy (non-hydrogen) atoms. The maximum absolute atomic E-state index is 13.5. The van der Waals surface area contributed by atoms with Gasteiger partial charge in [0.05, 0.1) is 5.02 Å². The number of aromatic nitrogens is 1. The van der Waals surface area contributed by atoms with Crippen LogP contribution in [0.4, 0.5) is 0 Å². The van der Waals surface area contributed by atoms with Crippen LogP contribution in [0.1, 0.15) is 32.9 Å². The van der Waals surface area contributed by atoms with Gasteiger partial charge in [-0.1, -0.05) is 89.0 Å². The van der Waals surface area contributed by atoms with Crippen molar-refractivity contribution in [1.82, 2.24) is 14.8 Å². The molecule has 1 aliphatic rings. The van der Waals surface area contributed by atoms with Crippen molar-refractivity contribution in [2.24, 2.45) is 0 Å². The van der Waals surface area contributed by atoms with Gasteiger partial charge in [0.25, 0.3) is 5.91 Å². The topological polar surface area (TPSA) is 92.5 Å². The van der Waals surface area contributed by atoms with Crippen molar-refractivity contribution in [2.45, 2.75) is 36.7 Å². The molecule has 7 nitrogen and oxygen atoms in total. The summed E-state index contributed by atoms with van der Waals surface area (Å²) in [6.07, 6.45) is 1.52. The van der Waals surface area contributed by atoms with Crippen LogP contribution >= 0.6 is 23.2 Å². The van der Waals surface area contributed by atoms with Gasteiger partial charge in [-0.25, -0.2) is 8.42 Å². The highest BCUT2D eigenvalue weighted by Gasteiger charge is 2.35. The number of nitrogens with one attached hydrogen (secondary N) is 1. The number of hydrogen-bond donors (Lipinski definition) is 1. The van der Waals surface area contributed by atoms with Crippen molar-refractivity contribution in [1.29, 1.82) is 0 Å². The molecule has 1 amide bonds. The molecule has 0 atom stereocenters. The van der Waals surface area contributed by atoms with E-state index in [1.54, 1.807) is 0 Å². The molecule has 4 aromatic rings. The number of sulfonamides is 1. The maximum Gasteiger partial charge on any atom is 0.274 e. The normalized spacial score (nSPS) is 13.9. The fourth-order valence-corrected chi connectivity index (χ4v) is 6.75. The summed E-state index contributed by atoms with van der Waals surface area (Å²) in [5.74, 6) is 0.0911. The first-order valence-electron chi connectivity index (χ1n) is 12.1. The van der Waals surface area contributed by atoms with Gasteiger partial charge < -0.3 is 9.84 Å². The van der Waals surface area contributed by atoms with Crippen LogP contribution in [0.3, 0.4) is 0 Å². The summed E-state index contributed by atoms with van der Waals surface area (Å²) >= 11 is 12.2. The summed E-state index contributed by atoms with van der Waals surface area (Å²) in [5, 5.41) is 7.47. The van der Waals surface area contributed by atoms with Crippen LogP contribution in [-0.4, -0.2) is 36.4 Å². The van der Waals surface area contributed by atoms with Crippen LogP contribution in [0.15, 0.2) is 88.3 Å². The number of hydrogen-bond acceptors (Lipinski definition) is 5. The summed E-state index contributed by atoms with van der Waals surface area (Å²) in [4.78, 5) is 13.4. The SMILES string of the molecule is O=C(NC(Cc1ccccc1)Cc1ccccc1)c1noc2c1CN(S(=O)(=O)c1cc(Cl)ccc1Cl)CC2. The van der Waals surface area contributed by atoms with E-state index in [-0.39, 0.29) is 46.2 Å². The first-order chi connectivity index (χ1) is 18.3. The van der Waals surface area contributed by atoms with Gasteiger partial charge in [-0.3, -0.25) is 4.79 Å². The van der Waals surface area contributed by atoms with Crippen molar-refractivity contribution in [2.75, 3.05) is 6.54 Å². The standard InChI is InChI=1S/C28H25Cl2N3O4S/c29-21-11-12-24(30)26(17-21)38(35,36)33-14-13-25-23(18-33)27(32-37-25)28(34)31-22(15-19-7-3-1-4-8-19)16-20-9-5-2-6-10-20/h1-12,17,22H,13-16,18H2,(H,31,34). The van der Waals surface area contributed by atoms with E-state index in [1.165, 1.54) is 22.5 Å². The lowest BCUT2D eigenvalue weighted by atomic mass is 9.98. The van der Waals surface area contributed by atoms with E-state index in [0.717, 1.165) is 11.1 Å². The second-order valence-electron chi connectivity index (χ2n) is 9.15. The molecule has 0 unspecified atom stereocenters. The van der Waals surface area contributed by atoms with Crippen LogP contribution in [0.5, 0.6) is 0 Å². The van der Waals surface area contributed by atoms with E-state index in [9.17, 15) is 13.2 Å². The number of fused-ring (bicyclic) bond motifs is 1. The van der Waals surface area contributed by atoms with Gasteiger partial charge in [-0.2, -0.15) is 4.31 Å². The predicted octanol–water partition coefficient (Wildman–Crippen LogP) is 5.31. The molecule has 196 valence electrons. The molecule has 0 saturated heterocycles. The molecule has 0 fully saturated rings. The maximum atomic E-state index is 13.5. The molecule has 1 aromatic heterocycles. The van der Waals surface area contributed by atoms with Crippen LogP contribution in [0, 0.1) is 0 Å². The third kappa shape index (κ3) is 5.78. The lowest BCUT2D eigenvalue weighted by Crippen LogP contribution is -2.40. The van der Waals surface area contributed by atoms with Gasteiger partial charge in [0.2, 0.25) is 10.0 Å². The average Bonchev–Trinajstić information content (AvgIpc) is 3.35. The number of nitrogens with zero attached hydrogens (tertiary/aromatic N) is 2. The first-order valence-corrected chi connectivity index (χ1v) is 14.3. The van der Waals surface area contributed by atoms with E-state index in [2.05, 4.69) is 10.5 Å².